The summed E-state index contributed by atoms with van der Waals surface area (Å²) in [7, 11) is 4.10. The van der Waals surface area contributed by atoms with Crippen molar-refractivity contribution in [3.63, 3.8) is 0 Å². The maximum Gasteiger partial charge on any atom is 0.220 e. The number of quaternary nitrogens is 1. The van der Waals surface area contributed by atoms with E-state index in [4.69, 9.17) is 5.73 Å². The van der Waals surface area contributed by atoms with Gasteiger partial charge in [0.2, 0.25) is 5.91 Å². The van der Waals surface area contributed by atoms with E-state index in [1.54, 1.807) is 4.90 Å². The molecule has 0 aliphatic carbocycles. The molecule has 1 heterocycles. The Labute approximate surface area is 115 Å². The van der Waals surface area contributed by atoms with Crippen molar-refractivity contribution in [3.05, 3.63) is 29.8 Å². The van der Waals surface area contributed by atoms with Crippen molar-refractivity contribution in [2.45, 2.75) is 19.4 Å². The Balaban J connectivity index is 1.87. The van der Waals surface area contributed by atoms with E-state index in [9.17, 15) is 4.79 Å². The smallest absolute Gasteiger partial charge is 0.220 e. The van der Waals surface area contributed by atoms with Gasteiger partial charge in [-0.3, -0.25) is 4.79 Å². The Morgan fingerprint density at radius 3 is 2.32 bits per heavy atom. The third kappa shape index (κ3) is 3.70. The fraction of sp³-hybridized carbons (Fsp3) is 0.533. The normalized spacial score (nSPS) is 23.1. The van der Waals surface area contributed by atoms with Gasteiger partial charge in [0.05, 0.1) is 13.1 Å². The SMILES string of the molecule is CN(C)c1ccc(C[NH+]2CCC(C(N)=O)CC2)cc1. The quantitative estimate of drug-likeness (QED) is 0.804. The average Bonchev–Trinajstić information content (AvgIpc) is 2.40. The number of hydrogen-bond acceptors (Lipinski definition) is 2. The number of nitrogens with zero attached hydrogens (tertiary/aromatic N) is 1. The lowest BCUT2D eigenvalue weighted by molar-refractivity contribution is -0.919. The predicted octanol–water partition coefficient (Wildman–Crippen LogP) is 0.0328. The number of piperidine rings is 1. The van der Waals surface area contributed by atoms with E-state index in [-0.39, 0.29) is 11.8 Å². The molecule has 3 N–H and O–H groups in total. The standard InChI is InChI=1S/C15H23N3O/c1-17(2)14-5-3-12(4-6-14)11-18-9-7-13(8-10-18)15(16)19/h3-6,13H,7-11H2,1-2H3,(H2,16,19)/p+1. The zero-order chi connectivity index (χ0) is 13.8. The number of amides is 1. The average molecular weight is 262 g/mol. The minimum absolute atomic E-state index is 0.0971. The maximum atomic E-state index is 11.1. The molecular formula is C15H24N3O+. The van der Waals surface area contributed by atoms with Gasteiger partial charge in [-0.2, -0.15) is 0 Å². The van der Waals surface area contributed by atoms with Gasteiger partial charge in [0.1, 0.15) is 6.54 Å². The molecule has 4 heteroatoms. The van der Waals surface area contributed by atoms with Crippen molar-refractivity contribution in [3.8, 4) is 0 Å². The number of carbonyl (C=O) groups excluding carboxylic acids is 1. The van der Waals surface area contributed by atoms with Crippen LogP contribution >= 0.6 is 0 Å². The zero-order valence-electron chi connectivity index (χ0n) is 11.9. The summed E-state index contributed by atoms with van der Waals surface area (Å²) in [6, 6.07) is 8.71. The largest absolute Gasteiger partial charge is 0.378 e. The number of anilines is 1. The van der Waals surface area contributed by atoms with Crippen molar-refractivity contribution in [1.82, 2.24) is 0 Å². The minimum atomic E-state index is -0.130. The molecule has 1 aliphatic heterocycles. The lowest BCUT2D eigenvalue weighted by atomic mass is 9.96. The molecule has 0 atom stereocenters. The summed E-state index contributed by atoms with van der Waals surface area (Å²) < 4.78 is 0. The van der Waals surface area contributed by atoms with Gasteiger partial charge in [-0.05, 0) is 12.1 Å². The maximum absolute atomic E-state index is 11.1. The minimum Gasteiger partial charge on any atom is -0.378 e. The second kappa shape index (κ2) is 6.06. The van der Waals surface area contributed by atoms with Gasteiger partial charge in [0.15, 0.2) is 0 Å². The highest BCUT2D eigenvalue weighted by Gasteiger charge is 2.25. The van der Waals surface area contributed by atoms with Crippen LogP contribution in [0.1, 0.15) is 18.4 Å². The highest BCUT2D eigenvalue weighted by Crippen LogP contribution is 2.12. The van der Waals surface area contributed by atoms with Crippen molar-refractivity contribution in [2.24, 2.45) is 11.7 Å². The zero-order valence-corrected chi connectivity index (χ0v) is 11.9. The number of carbonyl (C=O) groups is 1. The summed E-state index contributed by atoms with van der Waals surface area (Å²) in [5.41, 5.74) is 7.94. The van der Waals surface area contributed by atoms with Crippen molar-refractivity contribution < 1.29 is 9.69 Å². The fourth-order valence-corrected chi connectivity index (χ4v) is 2.69. The summed E-state index contributed by atoms with van der Waals surface area (Å²) in [4.78, 5) is 14.8. The predicted molar refractivity (Wildman–Crippen MR) is 77.1 cm³/mol. The van der Waals surface area contributed by atoms with Gasteiger partial charge in [-0.25, -0.2) is 0 Å². The van der Waals surface area contributed by atoms with Gasteiger partial charge >= 0.3 is 0 Å². The van der Waals surface area contributed by atoms with Crippen LogP contribution in [0.25, 0.3) is 0 Å². The van der Waals surface area contributed by atoms with Crippen molar-refractivity contribution >= 4 is 11.6 Å². The second-order valence-corrected chi connectivity index (χ2v) is 5.66. The Morgan fingerprint density at radius 1 is 1.26 bits per heavy atom. The number of likely N-dealkylation sites (tertiary alicyclic amines) is 1. The first kappa shape index (κ1) is 13.9. The number of nitrogens with one attached hydrogen (secondary N) is 1. The van der Waals surface area contributed by atoms with Crippen LogP contribution < -0.4 is 15.5 Å². The van der Waals surface area contributed by atoms with Crippen LogP contribution in [-0.4, -0.2) is 33.1 Å². The van der Waals surface area contributed by atoms with Crippen LogP contribution in [0.15, 0.2) is 24.3 Å². The van der Waals surface area contributed by atoms with Gasteiger partial charge in [0.25, 0.3) is 0 Å². The molecule has 104 valence electrons. The number of hydrogen-bond donors (Lipinski definition) is 2. The van der Waals surface area contributed by atoms with E-state index in [1.807, 2.05) is 0 Å². The number of rotatable bonds is 4. The highest BCUT2D eigenvalue weighted by molar-refractivity contribution is 5.76. The first-order valence-corrected chi connectivity index (χ1v) is 6.95. The van der Waals surface area contributed by atoms with Crippen LogP contribution in [0.5, 0.6) is 0 Å². The van der Waals surface area contributed by atoms with Gasteiger partial charge < -0.3 is 15.5 Å². The fourth-order valence-electron chi connectivity index (χ4n) is 2.69. The Kier molecular flexibility index (Phi) is 4.43. The first-order chi connectivity index (χ1) is 9.06. The molecule has 4 nitrogen and oxygen atoms in total. The Bertz CT molecular complexity index is 420. The summed E-state index contributed by atoms with van der Waals surface area (Å²) in [6.07, 6.45) is 1.86. The number of nitrogens with two attached hydrogens (primary N) is 1. The molecule has 1 aromatic rings. The molecule has 0 radical (unpaired) electrons. The Morgan fingerprint density at radius 2 is 1.84 bits per heavy atom. The molecule has 0 saturated carbocycles. The summed E-state index contributed by atoms with van der Waals surface area (Å²) >= 11 is 0. The molecule has 1 aromatic carbocycles. The lowest BCUT2D eigenvalue weighted by Crippen LogP contribution is -3.11. The molecule has 2 rings (SSSR count). The van der Waals surface area contributed by atoms with E-state index in [0.29, 0.717) is 0 Å². The number of primary amides is 1. The third-order valence-corrected chi connectivity index (χ3v) is 4.00. The van der Waals surface area contributed by atoms with Crippen LogP contribution in [0, 0.1) is 5.92 Å². The van der Waals surface area contributed by atoms with E-state index < -0.39 is 0 Å². The summed E-state index contributed by atoms with van der Waals surface area (Å²) in [6.45, 7) is 3.13. The van der Waals surface area contributed by atoms with Gasteiger partial charge in [-0.1, -0.05) is 12.1 Å². The van der Waals surface area contributed by atoms with Crippen LogP contribution in [0.4, 0.5) is 5.69 Å². The lowest BCUT2D eigenvalue weighted by Gasteiger charge is -2.27. The van der Waals surface area contributed by atoms with E-state index in [2.05, 4.69) is 43.3 Å². The van der Waals surface area contributed by atoms with Crippen LogP contribution in [0.3, 0.4) is 0 Å². The molecule has 1 amide bonds. The van der Waals surface area contributed by atoms with Crippen LogP contribution in [-0.2, 0) is 11.3 Å². The topological polar surface area (TPSA) is 50.8 Å². The monoisotopic (exact) mass is 262 g/mol. The molecule has 1 aliphatic rings. The van der Waals surface area contributed by atoms with Crippen LogP contribution in [0.2, 0.25) is 0 Å². The van der Waals surface area contributed by atoms with Crippen molar-refractivity contribution in [2.75, 3.05) is 32.1 Å². The van der Waals surface area contributed by atoms with Gasteiger partial charge in [-0.15, -0.1) is 0 Å². The van der Waals surface area contributed by atoms with Gasteiger partial charge in [0, 0.05) is 44.1 Å². The number of benzene rings is 1. The van der Waals surface area contributed by atoms with E-state index in [0.717, 1.165) is 32.5 Å². The molecule has 1 saturated heterocycles. The molecular weight excluding hydrogens is 238 g/mol. The molecule has 1 fully saturated rings. The molecule has 0 aromatic heterocycles. The Hall–Kier alpha value is -1.55. The summed E-state index contributed by atoms with van der Waals surface area (Å²) in [5, 5.41) is 0. The summed E-state index contributed by atoms with van der Waals surface area (Å²) in [5.74, 6) is -0.0331. The second-order valence-electron chi connectivity index (χ2n) is 5.66. The first-order valence-electron chi connectivity index (χ1n) is 6.95. The van der Waals surface area contributed by atoms with E-state index >= 15 is 0 Å². The van der Waals surface area contributed by atoms with E-state index in [1.165, 1.54) is 11.3 Å². The molecule has 19 heavy (non-hydrogen) atoms. The third-order valence-electron chi connectivity index (χ3n) is 4.00. The highest BCUT2D eigenvalue weighted by atomic mass is 16.1. The van der Waals surface area contributed by atoms with Crippen molar-refractivity contribution in [1.29, 1.82) is 0 Å². The molecule has 0 unspecified atom stereocenters. The molecule has 0 spiro atoms. The molecule has 0 bridgehead atoms.